The molecule has 0 spiro atoms. The molecule has 9 heteroatoms. The molecule has 2 heterocycles. The van der Waals surface area contributed by atoms with Crippen LogP contribution in [0, 0.1) is 5.92 Å². The van der Waals surface area contributed by atoms with Gasteiger partial charge in [-0.25, -0.2) is 9.78 Å². The average molecular weight is 497 g/mol. The zero-order valence-corrected chi connectivity index (χ0v) is 20.6. The largest absolute Gasteiger partial charge is 0.481 e. The number of carboxylic acids is 1. The van der Waals surface area contributed by atoms with Crippen molar-refractivity contribution in [2.45, 2.75) is 57.5 Å². The third kappa shape index (κ3) is 4.31. The number of carbonyl (C=O) groups excluding carboxylic acids is 1. The summed E-state index contributed by atoms with van der Waals surface area (Å²) in [5, 5.41) is 13.5. The SMILES string of the molecule is COC(=O)N1c2ccc3c(nc(Nc4cccc(Cl)c4)n3C3CCC(C(=O)O)CC3)c2CC[C@@H]1C. The van der Waals surface area contributed by atoms with Crippen LogP contribution >= 0.6 is 11.6 Å². The number of hydrogen-bond acceptors (Lipinski definition) is 5. The first-order valence-electron chi connectivity index (χ1n) is 12.0. The molecular weight excluding hydrogens is 468 g/mol. The van der Waals surface area contributed by atoms with Gasteiger partial charge in [-0.1, -0.05) is 17.7 Å². The van der Waals surface area contributed by atoms with Gasteiger partial charge in [-0.15, -0.1) is 0 Å². The molecule has 35 heavy (non-hydrogen) atoms. The maximum atomic E-state index is 12.6. The van der Waals surface area contributed by atoms with Crippen LogP contribution in [-0.4, -0.2) is 39.9 Å². The molecule has 1 aliphatic carbocycles. The molecule has 2 aromatic carbocycles. The number of amides is 1. The molecule has 3 aromatic rings. The fourth-order valence-corrected chi connectivity index (χ4v) is 5.70. The second kappa shape index (κ2) is 9.41. The molecule has 1 amide bonds. The normalized spacial score (nSPS) is 22.0. The number of benzene rings is 2. The quantitative estimate of drug-likeness (QED) is 0.449. The Kier molecular flexibility index (Phi) is 6.32. The maximum Gasteiger partial charge on any atom is 0.414 e. The Morgan fingerprint density at radius 1 is 1.14 bits per heavy atom. The number of hydrogen-bond donors (Lipinski definition) is 2. The molecule has 0 unspecified atom stereocenters. The van der Waals surface area contributed by atoms with Gasteiger partial charge in [0.1, 0.15) is 0 Å². The summed E-state index contributed by atoms with van der Waals surface area (Å²) in [6.45, 7) is 2.02. The highest BCUT2D eigenvalue weighted by Gasteiger charge is 2.33. The van der Waals surface area contributed by atoms with E-state index < -0.39 is 5.97 Å². The van der Waals surface area contributed by atoms with E-state index in [0.29, 0.717) is 23.8 Å². The van der Waals surface area contributed by atoms with E-state index in [2.05, 4.69) is 9.88 Å². The zero-order chi connectivity index (χ0) is 24.7. The van der Waals surface area contributed by atoms with Crippen molar-refractivity contribution >= 4 is 52.0 Å². The van der Waals surface area contributed by atoms with Crippen molar-refractivity contribution in [3.63, 3.8) is 0 Å². The van der Waals surface area contributed by atoms with E-state index in [9.17, 15) is 14.7 Å². The van der Waals surface area contributed by atoms with Gasteiger partial charge in [-0.3, -0.25) is 9.69 Å². The number of aliphatic carboxylic acids is 1. The Morgan fingerprint density at radius 2 is 1.91 bits per heavy atom. The number of aryl methyl sites for hydroxylation is 1. The van der Waals surface area contributed by atoms with Crippen LogP contribution < -0.4 is 10.2 Å². The molecule has 0 radical (unpaired) electrons. The minimum absolute atomic E-state index is 0.0323. The number of fused-ring (bicyclic) bond motifs is 3. The van der Waals surface area contributed by atoms with E-state index in [1.54, 1.807) is 4.90 Å². The van der Waals surface area contributed by atoms with E-state index >= 15 is 0 Å². The van der Waals surface area contributed by atoms with Crippen molar-refractivity contribution < 1.29 is 19.4 Å². The summed E-state index contributed by atoms with van der Waals surface area (Å²) in [6.07, 6.45) is 4.03. The van der Waals surface area contributed by atoms with Crippen molar-refractivity contribution in [1.29, 1.82) is 0 Å². The summed E-state index contributed by atoms with van der Waals surface area (Å²) >= 11 is 6.22. The van der Waals surface area contributed by atoms with Crippen molar-refractivity contribution in [3.8, 4) is 0 Å². The highest BCUT2D eigenvalue weighted by atomic mass is 35.5. The Bertz CT molecular complexity index is 1280. The molecule has 1 aromatic heterocycles. The summed E-state index contributed by atoms with van der Waals surface area (Å²) in [5.74, 6) is -0.326. The Labute approximate surface area is 208 Å². The number of carbonyl (C=O) groups is 2. The lowest BCUT2D eigenvalue weighted by atomic mass is 9.86. The van der Waals surface area contributed by atoms with Crippen LogP contribution in [0.2, 0.25) is 5.02 Å². The Hall–Kier alpha value is -3.26. The van der Waals surface area contributed by atoms with Gasteiger partial charge in [-0.05, 0) is 75.8 Å². The molecule has 1 aliphatic heterocycles. The van der Waals surface area contributed by atoms with Crippen LogP contribution in [0.5, 0.6) is 0 Å². The molecule has 2 N–H and O–H groups in total. The topological polar surface area (TPSA) is 96.7 Å². The van der Waals surface area contributed by atoms with Gasteiger partial charge in [0.25, 0.3) is 0 Å². The number of imidazole rings is 1. The monoisotopic (exact) mass is 496 g/mol. The number of nitrogens with zero attached hydrogens (tertiary/aromatic N) is 3. The first-order chi connectivity index (χ1) is 16.9. The molecule has 1 atom stereocenters. The highest BCUT2D eigenvalue weighted by molar-refractivity contribution is 6.30. The minimum Gasteiger partial charge on any atom is -0.481 e. The standard InChI is InChI=1S/C26H29ClN4O4/c1-15-6-11-20-21(30(15)26(34)35-2)12-13-22-23(20)29-25(28-18-5-3-4-17(27)14-18)31(22)19-9-7-16(8-10-19)24(32)33/h3-5,12-16,19H,6-11H2,1-2H3,(H,28,29)(H,32,33)/t15-,16?,19?/m0/s1. The maximum absolute atomic E-state index is 12.6. The molecule has 0 saturated heterocycles. The lowest BCUT2D eigenvalue weighted by molar-refractivity contribution is -0.143. The van der Waals surface area contributed by atoms with Crippen LogP contribution in [0.4, 0.5) is 22.1 Å². The van der Waals surface area contributed by atoms with E-state index in [-0.39, 0.29) is 24.1 Å². The van der Waals surface area contributed by atoms with Gasteiger partial charge >= 0.3 is 12.1 Å². The number of methoxy groups -OCH3 is 1. The molecule has 1 fully saturated rings. The lowest BCUT2D eigenvalue weighted by Crippen LogP contribution is -2.42. The number of nitrogens with one attached hydrogen (secondary N) is 1. The predicted octanol–water partition coefficient (Wildman–Crippen LogP) is 6.16. The molecule has 8 nitrogen and oxygen atoms in total. The van der Waals surface area contributed by atoms with Crippen LogP contribution in [0.1, 0.15) is 50.6 Å². The number of aromatic nitrogens is 2. The number of rotatable bonds is 4. The fraction of sp³-hybridized carbons (Fsp3) is 0.423. The number of anilines is 3. The Balaban J connectivity index is 1.62. The molecule has 5 rings (SSSR count). The van der Waals surface area contributed by atoms with Crippen LogP contribution in [0.25, 0.3) is 11.0 Å². The second-order valence-corrected chi connectivity index (χ2v) is 9.88. The van der Waals surface area contributed by atoms with E-state index in [0.717, 1.165) is 53.7 Å². The summed E-state index contributed by atoms with van der Waals surface area (Å²) < 4.78 is 7.26. The first-order valence-corrected chi connectivity index (χ1v) is 12.4. The zero-order valence-electron chi connectivity index (χ0n) is 19.8. The van der Waals surface area contributed by atoms with Gasteiger partial charge in [0.05, 0.1) is 29.7 Å². The Morgan fingerprint density at radius 3 is 2.60 bits per heavy atom. The fourth-order valence-electron chi connectivity index (χ4n) is 5.51. The smallest absolute Gasteiger partial charge is 0.414 e. The van der Waals surface area contributed by atoms with Crippen molar-refractivity contribution in [1.82, 2.24) is 9.55 Å². The van der Waals surface area contributed by atoms with Gasteiger partial charge in [-0.2, -0.15) is 0 Å². The molecular formula is C26H29ClN4O4. The van der Waals surface area contributed by atoms with Crippen molar-refractivity contribution in [3.05, 3.63) is 47.0 Å². The van der Waals surface area contributed by atoms with E-state index in [1.807, 2.05) is 43.3 Å². The average Bonchev–Trinajstić information content (AvgIpc) is 3.21. The lowest BCUT2D eigenvalue weighted by Gasteiger charge is -2.34. The number of carboxylic acid groups (broad SMARTS) is 1. The summed E-state index contributed by atoms with van der Waals surface area (Å²) in [5.41, 5.74) is 4.52. The summed E-state index contributed by atoms with van der Waals surface area (Å²) in [6, 6.07) is 11.6. The highest BCUT2D eigenvalue weighted by Crippen LogP contribution is 2.42. The van der Waals surface area contributed by atoms with E-state index in [4.69, 9.17) is 21.3 Å². The summed E-state index contributed by atoms with van der Waals surface area (Å²) in [4.78, 5) is 30.8. The van der Waals surface area contributed by atoms with Gasteiger partial charge in [0.15, 0.2) is 0 Å². The summed E-state index contributed by atoms with van der Waals surface area (Å²) in [7, 11) is 1.40. The van der Waals surface area contributed by atoms with Gasteiger partial charge in [0, 0.05) is 28.4 Å². The first kappa shape index (κ1) is 23.5. The van der Waals surface area contributed by atoms with Crippen molar-refractivity contribution in [2.75, 3.05) is 17.3 Å². The van der Waals surface area contributed by atoms with Gasteiger partial charge < -0.3 is 19.7 Å². The van der Waals surface area contributed by atoms with Crippen LogP contribution in [-0.2, 0) is 16.0 Å². The molecule has 2 aliphatic rings. The minimum atomic E-state index is -0.720. The number of halogens is 1. The van der Waals surface area contributed by atoms with Crippen molar-refractivity contribution in [2.24, 2.45) is 5.92 Å². The van der Waals surface area contributed by atoms with Crippen LogP contribution in [0.15, 0.2) is 36.4 Å². The predicted molar refractivity (Wildman–Crippen MR) is 136 cm³/mol. The molecule has 0 bridgehead atoms. The van der Waals surface area contributed by atoms with Gasteiger partial charge in [0.2, 0.25) is 5.95 Å². The number of ether oxygens (including phenoxy) is 1. The molecule has 1 saturated carbocycles. The third-order valence-corrected chi connectivity index (χ3v) is 7.55. The second-order valence-electron chi connectivity index (χ2n) is 9.44. The van der Waals surface area contributed by atoms with E-state index in [1.165, 1.54) is 7.11 Å². The van der Waals surface area contributed by atoms with Crippen LogP contribution in [0.3, 0.4) is 0 Å². The third-order valence-electron chi connectivity index (χ3n) is 7.32. The molecule has 184 valence electrons.